The fraction of sp³-hybridized carbons (Fsp3) is 1.00. The molecule has 2 aliphatic rings. The van der Waals surface area contributed by atoms with Crippen molar-refractivity contribution in [2.24, 2.45) is 5.92 Å². The zero-order valence-electron chi connectivity index (χ0n) is 11.1. The summed E-state index contributed by atoms with van der Waals surface area (Å²) in [6.45, 7) is 3.26. The Morgan fingerprint density at radius 1 is 1.33 bits per heavy atom. The summed E-state index contributed by atoms with van der Waals surface area (Å²) in [5.74, 6) is 0.264. The van der Waals surface area contributed by atoms with Crippen LogP contribution in [0, 0.1) is 5.92 Å². The molecule has 0 unspecified atom stereocenters. The minimum atomic E-state index is -3.34. The van der Waals surface area contributed by atoms with E-state index < -0.39 is 10.2 Å². The molecule has 6 heteroatoms. The highest BCUT2D eigenvalue weighted by molar-refractivity contribution is 7.87. The average Bonchev–Trinajstić information content (AvgIpc) is 2.34. The van der Waals surface area contributed by atoms with Crippen molar-refractivity contribution in [3.05, 3.63) is 0 Å². The van der Waals surface area contributed by atoms with Crippen molar-refractivity contribution in [3.8, 4) is 0 Å². The molecule has 2 rings (SSSR count). The van der Waals surface area contributed by atoms with Crippen molar-refractivity contribution < 1.29 is 13.5 Å². The molecule has 5 nitrogen and oxygen atoms in total. The second-order valence-electron chi connectivity index (χ2n) is 5.62. The summed E-state index contributed by atoms with van der Waals surface area (Å²) in [5.41, 5.74) is -0.188. The third kappa shape index (κ3) is 2.87. The zero-order valence-corrected chi connectivity index (χ0v) is 11.9. The largest absolute Gasteiger partial charge is 0.396 e. The summed E-state index contributed by atoms with van der Waals surface area (Å²) in [7, 11) is -3.34. The van der Waals surface area contributed by atoms with Crippen LogP contribution in [0.25, 0.3) is 0 Å². The molecule has 0 spiro atoms. The van der Waals surface area contributed by atoms with Crippen molar-refractivity contribution in [1.29, 1.82) is 0 Å². The SMILES string of the molecule is CCC1(NS(=O)(=O)N2CCC(CO)CC2)CCC1. The number of nitrogens with one attached hydrogen (secondary N) is 1. The predicted molar refractivity (Wildman–Crippen MR) is 70.3 cm³/mol. The van der Waals surface area contributed by atoms with Gasteiger partial charge in [0.25, 0.3) is 10.2 Å². The van der Waals surface area contributed by atoms with Crippen LogP contribution in [-0.4, -0.2) is 43.1 Å². The topological polar surface area (TPSA) is 69.6 Å². The first kappa shape index (κ1) is 14.2. The molecule has 18 heavy (non-hydrogen) atoms. The molecule has 1 saturated heterocycles. The van der Waals surface area contributed by atoms with Gasteiger partial charge in [-0.15, -0.1) is 0 Å². The van der Waals surface area contributed by atoms with Crippen LogP contribution >= 0.6 is 0 Å². The smallest absolute Gasteiger partial charge is 0.279 e. The Kier molecular flexibility index (Phi) is 4.31. The quantitative estimate of drug-likeness (QED) is 0.782. The zero-order chi connectivity index (χ0) is 13.2. The Hall–Kier alpha value is -0.170. The summed E-state index contributed by atoms with van der Waals surface area (Å²) in [5, 5.41) is 9.07. The highest BCUT2D eigenvalue weighted by atomic mass is 32.2. The minimum absolute atomic E-state index is 0.167. The minimum Gasteiger partial charge on any atom is -0.396 e. The molecule has 0 amide bonds. The van der Waals surface area contributed by atoms with E-state index in [2.05, 4.69) is 4.72 Å². The number of nitrogens with zero attached hydrogens (tertiary/aromatic N) is 1. The monoisotopic (exact) mass is 276 g/mol. The number of hydrogen-bond donors (Lipinski definition) is 2. The Labute approximate surface area is 110 Å². The number of aliphatic hydroxyl groups is 1. The third-order valence-electron chi connectivity index (χ3n) is 4.50. The summed E-state index contributed by atoms with van der Waals surface area (Å²) >= 11 is 0. The lowest BCUT2D eigenvalue weighted by atomic mass is 9.76. The van der Waals surface area contributed by atoms with Gasteiger partial charge in [-0.2, -0.15) is 17.4 Å². The molecule has 0 aromatic heterocycles. The first-order chi connectivity index (χ1) is 8.51. The maximum atomic E-state index is 12.3. The third-order valence-corrected chi connectivity index (χ3v) is 6.24. The number of aliphatic hydroxyl groups excluding tert-OH is 1. The van der Waals surface area contributed by atoms with E-state index in [1.54, 1.807) is 0 Å². The van der Waals surface area contributed by atoms with Crippen LogP contribution in [0.5, 0.6) is 0 Å². The molecule has 2 fully saturated rings. The van der Waals surface area contributed by atoms with Gasteiger partial charge in [-0.05, 0) is 44.4 Å². The fourth-order valence-corrected chi connectivity index (χ4v) is 4.52. The first-order valence-corrected chi connectivity index (χ1v) is 8.35. The van der Waals surface area contributed by atoms with Gasteiger partial charge in [0.2, 0.25) is 0 Å². The Morgan fingerprint density at radius 3 is 2.33 bits per heavy atom. The van der Waals surface area contributed by atoms with Gasteiger partial charge in [-0.25, -0.2) is 0 Å². The van der Waals surface area contributed by atoms with Crippen LogP contribution in [0.15, 0.2) is 0 Å². The molecule has 106 valence electrons. The second-order valence-corrected chi connectivity index (χ2v) is 7.29. The van der Waals surface area contributed by atoms with Gasteiger partial charge >= 0.3 is 0 Å². The van der Waals surface area contributed by atoms with Crippen LogP contribution in [0.4, 0.5) is 0 Å². The predicted octanol–water partition coefficient (Wildman–Crippen LogP) is 0.858. The van der Waals surface area contributed by atoms with Crippen molar-refractivity contribution >= 4 is 10.2 Å². The van der Waals surface area contributed by atoms with Crippen LogP contribution in [0.1, 0.15) is 45.4 Å². The van der Waals surface area contributed by atoms with E-state index >= 15 is 0 Å². The number of hydrogen-bond acceptors (Lipinski definition) is 3. The van der Waals surface area contributed by atoms with E-state index in [0.717, 1.165) is 38.5 Å². The summed E-state index contributed by atoms with van der Waals surface area (Å²) in [4.78, 5) is 0. The van der Waals surface area contributed by atoms with E-state index in [9.17, 15) is 8.42 Å². The van der Waals surface area contributed by atoms with Gasteiger partial charge in [0, 0.05) is 25.2 Å². The number of piperidine rings is 1. The van der Waals surface area contributed by atoms with Crippen molar-refractivity contribution in [2.45, 2.75) is 51.0 Å². The molecule has 1 saturated carbocycles. The standard InChI is InChI=1S/C12H24N2O3S/c1-2-12(6-3-7-12)13-18(16,17)14-8-4-11(10-15)5-9-14/h11,13,15H,2-10H2,1H3. The van der Waals surface area contributed by atoms with Crippen LogP contribution in [0.2, 0.25) is 0 Å². The summed E-state index contributed by atoms with van der Waals surface area (Å²) in [6, 6.07) is 0. The van der Waals surface area contributed by atoms with E-state index in [1.165, 1.54) is 4.31 Å². The molecular formula is C12H24N2O3S. The van der Waals surface area contributed by atoms with E-state index in [-0.39, 0.29) is 18.1 Å². The average molecular weight is 276 g/mol. The van der Waals surface area contributed by atoms with E-state index in [0.29, 0.717) is 13.1 Å². The van der Waals surface area contributed by atoms with E-state index in [4.69, 9.17) is 5.11 Å². The Bertz CT molecular complexity index is 365. The Balaban J connectivity index is 1.95. The van der Waals surface area contributed by atoms with Crippen molar-refractivity contribution in [3.63, 3.8) is 0 Å². The van der Waals surface area contributed by atoms with Gasteiger partial charge in [0.1, 0.15) is 0 Å². The number of rotatable bonds is 5. The lowest BCUT2D eigenvalue weighted by molar-refractivity contribution is 0.164. The lowest BCUT2D eigenvalue weighted by Crippen LogP contribution is -2.57. The molecule has 1 aliphatic heterocycles. The first-order valence-electron chi connectivity index (χ1n) is 6.91. The summed E-state index contributed by atoms with van der Waals surface area (Å²) < 4.78 is 29.0. The highest BCUT2D eigenvalue weighted by Crippen LogP contribution is 2.35. The molecule has 0 atom stereocenters. The van der Waals surface area contributed by atoms with E-state index in [1.807, 2.05) is 6.92 Å². The maximum absolute atomic E-state index is 12.3. The normalized spacial score (nSPS) is 25.9. The second kappa shape index (κ2) is 5.45. The van der Waals surface area contributed by atoms with Crippen LogP contribution in [0.3, 0.4) is 0 Å². The molecule has 2 N–H and O–H groups in total. The van der Waals surface area contributed by atoms with Gasteiger partial charge in [0.15, 0.2) is 0 Å². The van der Waals surface area contributed by atoms with Crippen molar-refractivity contribution in [2.75, 3.05) is 19.7 Å². The molecule has 0 bridgehead atoms. The Morgan fingerprint density at radius 2 is 1.94 bits per heavy atom. The molecular weight excluding hydrogens is 252 g/mol. The van der Waals surface area contributed by atoms with Gasteiger partial charge in [0.05, 0.1) is 0 Å². The summed E-state index contributed by atoms with van der Waals surface area (Å²) in [6.07, 6.45) is 5.40. The maximum Gasteiger partial charge on any atom is 0.279 e. The molecule has 0 aromatic carbocycles. The van der Waals surface area contributed by atoms with Crippen LogP contribution < -0.4 is 4.72 Å². The van der Waals surface area contributed by atoms with Gasteiger partial charge in [-0.1, -0.05) is 6.92 Å². The lowest BCUT2D eigenvalue weighted by Gasteiger charge is -2.43. The highest BCUT2D eigenvalue weighted by Gasteiger charge is 2.40. The molecule has 0 radical (unpaired) electrons. The van der Waals surface area contributed by atoms with Gasteiger partial charge in [-0.3, -0.25) is 0 Å². The molecule has 1 aliphatic carbocycles. The van der Waals surface area contributed by atoms with Crippen LogP contribution in [-0.2, 0) is 10.2 Å². The van der Waals surface area contributed by atoms with Gasteiger partial charge < -0.3 is 5.11 Å². The fourth-order valence-electron chi connectivity index (χ4n) is 2.80. The molecule has 1 heterocycles. The van der Waals surface area contributed by atoms with Crippen molar-refractivity contribution in [1.82, 2.24) is 9.03 Å². The molecule has 0 aromatic rings.